The second kappa shape index (κ2) is 12.4. The highest BCUT2D eigenvalue weighted by Crippen LogP contribution is 2.42. The lowest BCUT2D eigenvalue weighted by Gasteiger charge is -2.09. The van der Waals surface area contributed by atoms with Crippen molar-refractivity contribution in [3.8, 4) is 45.1 Å². The molecule has 0 amide bonds. The molecular formula is C52H32N4O. The highest BCUT2D eigenvalue weighted by atomic mass is 16.3. The molecule has 0 fully saturated rings. The van der Waals surface area contributed by atoms with Gasteiger partial charge in [0.2, 0.25) is 0 Å². The summed E-state index contributed by atoms with van der Waals surface area (Å²) in [4.78, 5) is 10.2. The number of rotatable bonds is 5. The molecule has 4 aromatic heterocycles. The maximum absolute atomic E-state index is 6.58. The van der Waals surface area contributed by atoms with Crippen molar-refractivity contribution in [3.05, 3.63) is 194 Å². The highest BCUT2D eigenvalue weighted by molar-refractivity contribution is 6.19. The molecule has 266 valence electrons. The first-order valence-electron chi connectivity index (χ1n) is 19.2. The van der Waals surface area contributed by atoms with E-state index in [1.807, 2.05) is 36.4 Å². The van der Waals surface area contributed by atoms with Crippen molar-refractivity contribution >= 4 is 65.7 Å². The van der Waals surface area contributed by atoms with E-state index >= 15 is 0 Å². The monoisotopic (exact) mass is 728 g/mol. The number of fused-ring (bicyclic) bond motifs is 9. The molecule has 12 rings (SSSR count). The molecule has 0 bridgehead atoms. The van der Waals surface area contributed by atoms with Gasteiger partial charge >= 0.3 is 0 Å². The maximum Gasteiger partial charge on any atom is 0.180 e. The molecule has 0 N–H and O–H groups in total. The third-order valence-corrected chi connectivity index (χ3v) is 11.3. The van der Waals surface area contributed by atoms with Gasteiger partial charge in [-0.05, 0) is 77.9 Å². The van der Waals surface area contributed by atoms with Gasteiger partial charge in [-0.15, -0.1) is 0 Å². The van der Waals surface area contributed by atoms with Crippen LogP contribution < -0.4 is 0 Å². The van der Waals surface area contributed by atoms with Crippen LogP contribution in [0, 0.1) is 0 Å². The van der Waals surface area contributed by atoms with Crippen LogP contribution in [0.5, 0.6) is 0 Å². The lowest BCUT2D eigenvalue weighted by molar-refractivity contribution is 0.667. The summed E-state index contributed by atoms with van der Waals surface area (Å²) in [6.07, 6.45) is 0. The molecule has 0 unspecified atom stereocenters. The molecule has 4 heterocycles. The SMILES string of the molecule is c1ccc(-c2nc(-c3ccccc3)c3oc4ccc(-c5ccc6c(c5)c5cc7c(cc5n6-c5ccccc5)c5ccccc5n7-c5ccccc5)cc4c3n2)cc1. The molecule has 5 heteroatoms. The second-order valence-electron chi connectivity index (χ2n) is 14.6. The zero-order valence-corrected chi connectivity index (χ0v) is 30.7. The van der Waals surface area contributed by atoms with Crippen LogP contribution in [0.3, 0.4) is 0 Å². The van der Waals surface area contributed by atoms with Crippen molar-refractivity contribution in [1.29, 1.82) is 0 Å². The molecule has 0 atom stereocenters. The molecule has 0 aliphatic rings. The molecule has 0 saturated carbocycles. The van der Waals surface area contributed by atoms with Gasteiger partial charge in [-0.25, -0.2) is 9.97 Å². The van der Waals surface area contributed by atoms with Crippen molar-refractivity contribution in [2.45, 2.75) is 0 Å². The van der Waals surface area contributed by atoms with Gasteiger partial charge in [0.15, 0.2) is 11.4 Å². The number of nitrogens with zero attached hydrogens (tertiary/aromatic N) is 4. The molecular weight excluding hydrogens is 697 g/mol. The van der Waals surface area contributed by atoms with Gasteiger partial charge in [0.05, 0.1) is 22.1 Å². The summed E-state index contributed by atoms with van der Waals surface area (Å²) in [6.45, 7) is 0. The van der Waals surface area contributed by atoms with Crippen molar-refractivity contribution < 1.29 is 4.42 Å². The number of hydrogen-bond donors (Lipinski definition) is 0. The normalized spacial score (nSPS) is 11.9. The van der Waals surface area contributed by atoms with Gasteiger partial charge < -0.3 is 13.6 Å². The highest BCUT2D eigenvalue weighted by Gasteiger charge is 2.21. The predicted octanol–water partition coefficient (Wildman–Crippen LogP) is 13.6. The first kappa shape index (κ1) is 31.6. The average molecular weight is 729 g/mol. The van der Waals surface area contributed by atoms with Crippen LogP contribution in [0.1, 0.15) is 0 Å². The summed E-state index contributed by atoms with van der Waals surface area (Å²) in [7, 11) is 0. The van der Waals surface area contributed by atoms with Gasteiger partial charge in [0.1, 0.15) is 16.8 Å². The van der Waals surface area contributed by atoms with Gasteiger partial charge in [0, 0.05) is 49.4 Å². The Hall–Kier alpha value is -7.76. The van der Waals surface area contributed by atoms with E-state index in [9.17, 15) is 0 Å². The van der Waals surface area contributed by atoms with Crippen LogP contribution in [0.25, 0.3) is 111 Å². The van der Waals surface area contributed by atoms with Crippen LogP contribution in [0.15, 0.2) is 199 Å². The Morgan fingerprint density at radius 2 is 0.860 bits per heavy atom. The van der Waals surface area contributed by atoms with Crippen LogP contribution in [-0.4, -0.2) is 19.1 Å². The molecule has 0 aliphatic carbocycles. The van der Waals surface area contributed by atoms with Crippen LogP contribution in [0.2, 0.25) is 0 Å². The Morgan fingerprint density at radius 1 is 0.351 bits per heavy atom. The predicted molar refractivity (Wildman–Crippen MR) is 234 cm³/mol. The maximum atomic E-state index is 6.58. The smallest absolute Gasteiger partial charge is 0.180 e. The Labute approximate surface area is 327 Å². The number of hydrogen-bond acceptors (Lipinski definition) is 3. The van der Waals surface area contributed by atoms with E-state index in [0.29, 0.717) is 11.4 Å². The fourth-order valence-corrected chi connectivity index (χ4v) is 8.70. The van der Waals surface area contributed by atoms with Gasteiger partial charge in [-0.1, -0.05) is 127 Å². The van der Waals surface area contributed by atoms with Gasteiger partial charge in [-0.2, -0.15) is 0 Å². The fourth-order valence-electron chi connectivity index (χ4n) is 8.70. The summed E-state index contributed by atoms with van der Waals surface area (Å²) in [5, 5.41) is 5.81. The molecule has 12 aromatic rings. The number of benzene rings is 8. The largest absolute Gasteiger partial charge is 0.452 e. The molecule has 0 saturated heterocycles. The number of aromatic nitrogens is 4. The molecule has 0 spiro atoms. The molecule has 57 heavy (non-hydrogen) atoms. The van der Waals surface area contributed by atoms with Crippen LogP contribution >= 0.6 is 0 Å². The van der Waals surface area contributed by atoms with E-state index in [4.69, 9.17) is 14.4 Å². The van der Waals surface area contributed by atoms with Crippen molar-refractivity contribution in [1.82, 2.24) is 19.1 Å². The zero-order valence-electron chi connectivity index (χ0n) is 30.7. The van der Waals surface area contributed by atoms with E-state index < -0.39 is 0 Å². The molecule has 8 aromatic carbocycles. The third kappa shape index (κ3) is 4.89. The second-order valence-corrected chi connectivity index (χ2v) is 14.6. The summed E-state index contributed by atoms with van der Waals surface area (Å²) in [6, 6.07) is 68.6. The Balaban J connectivity index is 1.11. The van der Waals surface area contributed by atoms with E-state index in [1.165, 1.54) is 38.1 Å². The van der Waals surface area contributed by atoms with E-state index in [-0.39, 0.29) is 0 Å². The number of para-hydroxylation sites is 3. The quantitative estimate of drug-likeness (QED) is 0.177. The summed E-state index contributed by atoms with van der Waals surface area (Å²) in [5.74, 6) is 0.671. The van der Waals surface area contributed by atoms with E-state index in [0.717, 1.165) is 61.3 Å². The topological polar surface area (TPSA) is 48.8 Å². The molecule has 0 radical (unpaired) electrons. The summed E-state index contributed by atoms with van der Waals surface area (Å²) >= 11 is 0. The Kier molecular flexibility index (Phi) is 6.86. The summed E-state index contributed by atoms with van der Waals surface area (Å²) < 4.78 is 11.4. The average Bonchev–Trinajstić information content (AvgIpc) is 3.93. The van der Waals surface area contributed by atoms with Crippen molar-refractivity contribution in [3.63, 3.8) is 0 Å². The zero-order chi connectivity index (χ0) is 37.5. The standard InChI is InChI=1S/C52H32N4O/c1-5-15-33(16-6-1)49-51-50(54-52(53-49)34-17-7-2-8-18-34)43-30-36(26-28-48(43)57-51)35-25-27-45-40(29-35)42-32-46-41(31-47(42)56(45)38-21-11-4-12-22-38)39-23-13-14-24-44(39)55(46)37-19-9-3-10-20-37/h1-32H. The first-order chi connectivity index (χ1) is 28.3. The minimum atomic E-state index is 0.671. The van der Waals surface area contributed by atoms with Gasteiger partial charge in [-0.3, -0.25) is 0 Å². The lowest BCUT2D eigenvalue weighted by Crippen LogP contribution is -1.94. The lowest BCUT2D eigenvalue weighted by atomic mass is 10.0. The van der Waals surface area contributed by atoms with Crippen LogP contribution in [0.4, 0.5) is 0 Å². The minimum Gasteiger partial charge on any atom is -0.452 e. The van der Waals surface area contributed by atoms with E-state index in [1.54, 1.807) is 0 Å². The first-order valence-corrected chi connectivity index (χ1v) is 19.2. The number of furan rings is 1. The Morgan fingerprint density at radius 3 is 1.53 bits per heavy atom. The molecule has 0 aliphatic heterocycles. The van der Waals surface area contributed by atoms with Crippen molar-refractivity contribution in [2.24, 2.45) is 0 Å². The van der Waals surface area contributed by atoms with E-state index in [2.05, 4.69) is 167 Å². The van der Waals surface area contributed by atoms with Crippen molar-refractivity contribution in [2.75, 3.05) is 0 Å². The van der Waals surface area contributed by atoms with Gasteiger partial charge in [0.25, 0.3) is 0 Å². The summed E-state index contributed by atoms with van der Waals surface area (Å²) in [5.41, 5.74) is 14.2. The fraction of sp³-hybridized carbons (Fsp3) is 0. The minimum absolute atomic E-state index is 0.671. The Bertz CT molecular complexity index is 3490. The third-order valence-electron chi connectivity index (χ3n) is 11.3. The van der Waals surface area contributed by atoms with Crippen LogP contribution in [-0.2, 0) is 0 Å². The molecule has 5 nitrogen and oxygen atoms in total.